The molecule has 4 heterocycles. The van der Waals surface area contributed by atoms with Crippen LogP contribution in [-0.4, -0.2) is 52.6 Å². The number of carbonyl (C=O) groups excluding carboxylic acids is 1. The summed E-state index contributed by atoms with van der Waals surface area (Å²) >= 11 is 0. The molecule has 1 amide bonds. The Hall–Kier alpha value is -1.93. The van der Waals surface area contributed by atoms with Crippen LogP contribution in [0.5, 0.6) is 0 Å². The average molecular weight is 497 g/mol. The van der Waals surface area contributed by atoms with Gasteiger partial charge in [0.05, 0.1) is 12.7 Å². The van der Waals surface area contributed by atoms with Crippen molar-refractivity contribution in [3.63, 3.8) is 0 Å². The smallest absolute Gasteiger partial charge is 0.263 e. The largest absolute Gasteiger partial charge is 0.373 e. The number of hydrogen-bond donors (Lipinski definition) is 1. The molecule has 2 aromatic rings. The zero-order chi connectivity index (χ0) is 21.6. The van der Waals surface area contributed by atoms with Crippen molar-refractivity contribution in [1.82, 2.24) is 19.8 Å². The van der Waals surface area contributed by atoms with Crippen LogP contribution in [0.2, 0.25) is 0 Å². The minimum atomic E-state index is -0.162. The predicted octanol–water partition coefficient (Wildman–Crippen LogP) is 3.22. The summed E-state index contributed by atoms with van der Waals surface area (Å²) in [6.45, 7) is 6.24. The van der Waals surface area contributed by atoms with E-state index in [0.717, 1.165) is 49.9 Å². The average Bonchev–Trinajstić information content (AvgIpc) is 2.81. The van der Waals surface area contributed by atoms with Gasteiger partial charge in [-0.25, -0.2) is 0 Å². The lowest BCUT2D eigenvalue weighted by Crippen LogP contribution is -2.44. The first kappa shape index (κ1) is 27.3. The van der Waals surface area contributed by atoms with Gasteiger partial charge in [-0.05, 0) is 74.9 Å². The maximum absolute atomic E-state index is 13.2. The van der Waals surface area contributed by atoms with E-state index in [1.54, 1.807) is 15.7 Å². The number of halogens is 2. The van der Waals surface area contributed by atoms with E-state index in [1.807, 2.05) is 37.5 Å². The minimum absolute atomic E-state index is 0. The van der Waals surface area contributed by atoms with Crippen LogP contribution in [-0.2, 0) is 17.9 Å². The van der Waals surface area contributed by atoms with Crippen LogP contribution in [0.4, 0.5) is 0 Å². The van der Waals surface area contributed by atoms with Crippen LogP contribution < -0.4 is 10.9 Å². The SMILES string of the molecule is Cc1ccn(CC2CCCNC2)c(=O)c1C(=O)N1CCC(OCc2cccnc2)CC1.Cl.Cl. The van der Waals surface area contributed by atoms with Crippen molar-refractivity contribution in [2.75, 3.05) is 26.2 Å². The van der Waals surface area contributed by atoms with Gasteiger partial charge in [-0.1, -0.05) is 6.07 Å². The first-order valence-electron chi connectivity index (χ1n) is 11.3. The molecule has 7 nitrogen and oxygen atoms in total. The number of carbonyl (C=O) groups is 1. The van der Waals surface area contributed by atoms with Crippen molar-refractivity contribution in [3.05, 3.63) is 63.8 Å². The lowest BCUT2D eigenvalue weighted by Gasteiger charge is -2.32. The van der Waals surface area contributed by atoms with E-state index in [0.29, 0.717) is 37.7 Å². The Morgan fingerprint density at radius 1 is 1.21 bits per heavy atom. The molecule has 2 saturated heterocycles. The molecule has 9 heteroatoms. The molecule has 4 rings (SSSR count). The molecule has 2 fully saturated rings. The number of hydrogen-bond acceptors (Lipinski definition) is 5. The maximum Gasteiger partial charge on any atom is 0.263 e. The highest BCUT2D eigenvalue weighted by atomic mass is 35.5. The molecule has 0 aliphatic carbocycles. The molecule has 2 aliphatic rings. The van der Waals surface area contributed by atoms with Gasteiger partial charge in [-0.2, -0.15) is 0 Å². The number of piperidine rings is 2. The second-order valence-corrected chi connectivity index (χ2v) is 8.71. The summed E-state index contributed by atoms with van der Waals surface area (Å²) in [6.07, 6.45) is 9.32. The molecule has 0 aromatic carbocycles. The standard InChI is InChI=1S/C24H32N4O3.2ClH/c1-18-6-11-28(16-19-4-2-9-25-14-19)24(30)22(18)23(29)27-12-7-21(8-13-27)31-17-20-5-3-10-26-15-20;;/h3,5-6,10-11,15,19,21,25H,2,4,7-9,12-14,16-17H2,1H3;2*1H. The maximum atomic E-state index is 13.2. The van der Waals surface area contributed by atoms with Crippen LogP contribution >= 0.6 is 24.8 Å². The van der Waals surface area contributed by atoms with Gasteiger partial charge in [0.1, 0.15) is 5.56 Å². The number of aryl methyl sites for hydroxylation is 1. The van der Waals surface area contributed by atoms with Crippen LogP contribution in [0.25, 0.3) is 0 Å². The molecule has 1 atom stereocenters. The number of amides is 1. The zero-order valence-electron chi connectivity index (χ0n) is 19.1. The fourth-order valence-corrected chi connectivity index (χ4v) is 4.51. The monoisotopic (exact) mass is 496 g/mol. The Balaban J connectivity index is 0.00000193. The number of ether oxygens (including phenoxy) is 1. The summed E-state index contributed by atoms with van der Waals surface area (Å²) in [7, 11) is 0. The first-order valence-corrected chi connectivity index (χ1v) is 11.3. The van der Waals surface area contributed by atoms with Gasteiger partial charge in [0, 0.05) is 38.2 Å². The summed E-state index contributed by atoms with van der Waals surface area (Å²) in [6, 6.07) is 5.80. The van der Waals surface area contributed by atoms with Gasteiger partial charge >= 0.3 is 0 Å². The second-order valence-electron chi connectivity index (χ2n) is 8.71. The van der Waals surface area contributed by atoms with Crippen molar-refractivity contribution < 1.29 is 9.53 Å². The predicted molar refractivity (Wildman–Crippen MR) is 133 cm³/mol. The number of rotatable bonds is 6. The van der Waals surface area contributed by atoms with Crippen molar-refractivity contribution >= 4 is 30.7 Å². The molecular weight excluding hydrogens is 463 g/mol. The molecule has 0 spiro atoms. The highest BCUT2D eigenvalue weighted by molar-refractivity contribution is 5.95. The summed E-state index contributed by atoms with van der Waals surface area (Å²) in [4.78, 5) is 32.3. The third kappa shape index (κ3) is 7.03. The van der Waals surface area contributed by atoms with E-state index >= 15 is 0 Å². The van der Waals surface area contributed by atoms with Gasteiger partial charge in [0.2, 0.25) is 0 Å². The van der Waals surface area contributed by atoms with Gasteiger partial charge in [0.25, 0.3) is 11.5 Å². The molecular formula is C24H34Cl2N4O3. The topological polar surface area (TPSA) is 76.5 Å². The third-order valence-electron chi connectivity index (χ3n) is 6.38. The third-order valence-corrected chi connectivity index (χ3v) is 6.38. The zero-order valence-corrected chi connectivity index (χ0v) is 20.7. The van der Waals surface area contributed by atoms with E-state index in [1.165, 1.54) is 0 Å². The lowest BCUT2D eigenvalue weighted by atomic mass is 9.99. The van der Waals surface area contributed by atoms with Gasteiger partial charge in [-0.15, -0.1) is 24.8 Å². The Kier molecular flexibility index (Phi) is 10.8. The van der Waals surface area contributed by atoms with Crippen molar-refractivity contribution in [2.24, 2.45) is 5.92 Å². The van der Waals surface area contributed by atoms with E-state index in [2.05, 4.69) is 10.3 Å². The van der Waals surface area contributed by atoms with Crippen LogP contribution in [0.15, 0.2) is 41.6 Å². The molecule has 0 radical (unpaired) electrons. The number of aromatic nitrogens is 2. The number of nitrogens with one attached hydrogen (secondary N) is 1. The molecule has 1 unspecified atom stereocenters. The van der Waals surface area contributed by atoms with Gasteiger partial charge < -0.3 is 19.5 Å². The highest BCUT2D eigenvalue weighted by Gasteiger charge is 2.27. The Morgan fingerprint density at radius 2 is 2.00 bits per heavy atom. The fraction of sp³-hybridized carbons (Fsp3) is 0.542. The van der Waals surface area contributed by atoms with Crippen molar-refractivity contribution in [1.29, 1.82) is 0 Å². The van der Waals surface area contributed by atoms with Crippen molar-refractivity contribution in [3.8, 4) is 0 Å². The van der Waals surface area contributed by atoms with Crippen LogP contribution in [0.1, 0.15) is 47.2 Å². The van der Waals surface area contributed by atoms with Gasteiger partial charge in [0.15, 0.2) is 0 Å². The minimum Gasteiger partial charge on any atom is -0.373 e. The molecule has 182 valence electrons. The Bertz CT molecular complexity index is 940. The molecule has 2 aliphatic heterocycles. The second kappa shape index (κ2) is 13.1. The van der Waals surface area contributed by atoms with Crippen LogP contribution in [0.3, 0.4) is 0 Å². The number of likely N-dealkylation sites (tertiary alicyclic amines) is 1. The molecule has 0 bridgehead atoms. The van der Waals surface area contributed by atoms with Gasteiger partial charge in [-0.3, -0.25) is 14.6 Å². The quantitative estimate of drug-likeness (QED) is 0.664. The van der Waals surface area contributed by atoms with E-state index < -0.39 is 0 Å². The fourth-order valence-electron chi connectivity index (χ4n) is 4.51. The summed E-state index contributed by atoms with van der Waals surface area (Å²) in [5.74, 6) is 0.286. The first-order chi connectivity index (χ1) is 15.1. The molecule has 0 saturated carbocycles. The van der Waals surface area contributed by atoms with E-state index in [-0.39, 0.29) is 42.4 Å². The number of nitrogens with zero attached hydrogens (tertiary/aromatic N) is 3. The Morgan fingerprint density at radius 3 is 2.67 bits per heavy atom. The Labute approximate surface area is 207 Å². The van der Waals surface area contributed by atoms with Crippen LogP contribution in [0, 0.1) is 12.8 Å². The van der Waals surface area contributed by atoms with E-state index in [9.17, 15) is 9.59 Å². The van der Waals surface area contributed by atoms with E-state index in [4.69, 9.17) is 4.74 Å². The molecule has 1 N–H and O–H groups in total. The molecule has 2 aromatic heterocycles. The summed E-state index contributed by atoms with van der Waals surface area (Å²) < 4.78 is 7.73. The van der Waals surface area contributed by atoms with Crippen molar-refractivity contribution in [2.45, 2.75) is 51.9 Å². The summed E-state index contributed by atoms with van der Waals surface area (Å²) in [5.41, 5.74) is 1.96. The normalized spacial score (nSPS) is 18.8. The summed E-state index contributed by atoms with van der Waals surface area (Å²) in [5, 5.41) is 3.39. The lowest BCUT2D eigenvalue weighted by molar-refractivity contribution is -0.000537. The highest BCUT2D eigenvalue weighted by Crippen LogP contribution is 2.18. The number of pyridine rings is 2. The molecule has 33 heavy (non-hydrogen) atoms.